The standard InChI is InChI=1S/C18H27N3O4S.2ClH/c1-25-16-5-3-4-15(14-16)20-10-12-21(13-11-20)17(22)18(26(2,23)24)6-8-19-9-7-18;;/h3-5,14,19H,6-13H2,1-2H3;2*1H. The van der Waals surface area contributed by atoms with Crippen LogP contribution in [0.15, 0.2) is 24.3 Å². The van der Waals surface area contributed by atoms with Gasteiger partial charge in [-0.1, -0.05) is 6.07 Å². The molecule has 7 nitrogen and oxygen atoms in total. The van der Waals surface area contributed by atoms with Crippen LogP contribution in [-0.2, 0) is 14.6 Å². The lowest BCUT2D eigenvalue weighted by atomic mass is 9.94. The Morgan fingerprint density at radius 1 is 1.11 bits per heavy atom. The third-order valence-corrected chi connectivity index (χ3v) is 7.50. The van der Waals surface area contributed by atoms with Gasteiger partial charge in [-0.3, -0.25) is 4.79 Å². The lowest BCUT2D eigenvalue weighted by Gasteiger charge is -2.42. The van der Waals surface area contributed by atoms with Crippen LogP contribution >= 0.6 is 24.8 Å². The van der Waals surface area contributed by atoms with Crippen molar-refractivity contribution >= 4 is 46.2 Å². The van der Waals surface area contributed by atoms with Crippen LogP contribution < -0.4 is 15.0 Å². The number of piperazine rings is 1. The number of amides is 1. The zero-order chi connectivity index (χ0) is 18.8. The van der Waals surface area contributed by atoms with Gasteiger partial charge in [0.05, 0.1) is 7.11 Å². The maximum absolute atomic E-state index is 13.1. The lowest BCUT2D eigenvalue weighted by Crippen LogP contribution is -2.61. The highest BCUT2D eigenvalue weighted by Crippen LogP contribution is 2.31. The average Bonchev–Trinajstić information content (AvgIpc) is 2.67. The fourth-order valence-corrected chi connectivity index (χ4v) is 5.23. The summed E-state index contributed by atoms with van der Waals surface area (Å²) in [7, 11) is -1.83. The van der Waals surface area contributed by atoms with E-state index < -0.39 is 14.6 Å². The number of carbonyl (C=O) groups is 1. The van der Waals surface area contributed by atoms with Gasteiger partial charge < -0.3 is 19.9 Å². The SMILES string of the molecule is COc1cccc(N2CCN(C(=O)C3(S(C)(=O)=O)CCNCC3)CC2)c1.Cl.Cl. The Morgan fingerprint density at radius 3 is 2.25 bits per heavy atom. The van der Waals surface area contributed by atoms with Gasteiger partial charge in [-0.2, -0.15) is 0 Å². The molecule has 3 rings (SSSR count). The normalized spacial score (nSPS) is 19.2. The number of methoxy groups -OCH3 is 1. The number of nitrogens with zero attached hydrogens (tertiary/aromatic N) is 2. The molecule has 0 atom stereocenters. The number of ether oxygens (including phenoxy) is 1. The molecule has 2 fully saturated rings. The summed E-state index contributed by atoms with van der Waals surface area (Å²) in [6, 6.07) is 7.84. The second kappa shape index (κ2) is 10.0. The largest absolute Gasteiger partial charge is 0.497 e. The maximum Gasteiger partial charge on any atom is 0.244 e. The molecule has 1 aromatic carbocycles. The number of benzene rings is 1. The number of hydrogen-bond donors (Lipinski definition) is 1. The number of sulfone groups is 1. The van der Waals surface area contributed by atoms with Crippen molar-refractivity contribution in [1.29, 1.82) is 0 Å². The van der Waals surface area contributed by atoms with Crippen LogP contribution in [-0.4, -0.2) is 76.6 Å². The summed E-state index contributed by atoms with van der Waals surface area (Å²) in [5, 5.41) is 3.15. The Morgan fingerprint density at radius 2 is 1.71 bits per heavy atom. The number of anilines is 1. The smallest absolute Gasteiger partial charge is 0.244 e. The van der Waals surface area contributed by atoms with Crippen LogP contribution in [0.1, 0.15) is 12.8 Å². The first-order chi connectivity index (χ1) is 12.4. The highest BCUT2D eigenvalue weighted by atomic mass is 35.5. The van der Waals surface area contributed by atoms with E-state index >= 15 is 0 Å². The molecule has 2 aliphatic heterocycles. The van der Waals surface area contributed by atoms with Crippen molar-refractivity contribution in [1.82, 2.24) is 10.2 Å². The molecule has 0 bridgehead atoms. The van der Waals surface area contributed by atoms with E-state index in [0.29, 0.717) is 52.1 Å². The molecule has 1 aromatic rings. The first-order valence-corrected chi connectivity index (χ1v) is 10.9. The van der Waals surface area contributed by atoms with Gasteiger partial charge in [-0.25, -0.2) is 8.42 Å². The molecule has 1 amide bonds. The topological polar surface area (TPSA) is 79.0 Å². The van der Waals surface area contributed by atoms with Gasteiger partial charge in [0.2, 0.25) is 5.91 Å². The van der Waals surface area contributed by atoms with Crippen LogP contribution in [0.5, 0.6) is 5.75 Å². The summed E-state index contributed by atoms with van der Waals surface area (Å²) in [5.74, 6) is 0.568. The van der Waals surface area contributed by atoms with Gasteiger partial charge in [0.15, 0.2) is 14.6 Å². The van der Waals surface area contributed by atoms with Gasteiger partial charge in [0.1, 0.15) is 5.75 Å². The van der Waals surface area contributed by atoms with E-state index in [1.807, 2.05) is 24.3 Å². The summed E-state index contributed by atoms with van der Waals surface area (Å²) in [6.07, 6.45) is 1.89. The maximum atomic E-state index is 13.1. The first kappa shape index (κ1) is 24.8. The molecular formula is C18H29Cl2N3O4S. The molecule has 2 aliphatic rings. The number of rotatable bonds is 4. The molecule has 0 radical (unpaired) electrons. The van der Waals surface area contributed by atoms with Crippen LogP contribution in [0.25, 0.3) is 0 Å². The van der Waals surface area contributed by atoms with Gasteiger partial charge in [0.25, 0.3) is 0 Å². The van der Waals surface area contributed by atoms with Crippen molar-refractivity contribution in [3.8, 4) is 5.75 Å². The Balaban J connectivity index is 0.00000196. The molecule has 2 saturated heterocycles. The first-order valence-electron chi connectivity index (χ1n) is 8.96. The molecule has 0 saturated carbocycles. The molecule has 28 heavy (non-hydrogen) atoms. The van der Waals surface area contributed by atoms with E-state index in [9.17, 15) is 13.2 Å². The van der Waals surface area contributed by atoms with Crippen molar-refractivity contribution in [2.24, 2.45) is 0 Å². The fourth-order valence-electron chi connectivity index (χ4n) is 3.84. The van der Waals surface area contributed by atoms with E-state index in [0.717, 1.165) is 11.4 Å². The van der Waals surface area contributed by atoms with E-state index in [1.165, 1.54) is 6.26 Å². The third-order valence-electron chi connectivity index (χ3n) is 5.50. The molecule has 1 N–H and O–H groups in total. The number of hydrogen-bond acceptors (Lipinski definition) is 6. The molecule has 2 heterocycles. The molecule has 0 unspecified atom stereocenters. The second-order valence-corrected chi connectivity index (χ2v) is 9.32. The van der Waals surface area contributed by atoms with Crippen molar-refractivity contribution < 1.29 is 17.9 Å². The summed E-state index contributed by atoms with van der Waals surface area (Å²) in [4.78, 5) is 17.1. The van der Waals surface area contributed by atoms with Crippen molar-refractivity contribution in [3.05, 3.63) is 24.3 Å². The quantitative estimate of drug-likeness (QED) is 0.740. The van der Waals surface area contributed by atoms with E-state index in [4.69, 9.17) is 4.74 Å². The van der Waals surface area contributed by atoms with E-state index in [1.54, 1.807) is 12.0 Å². The minimum Gasteiger partial charge on any atom is -0.497 e. The Bertz CT molecular complexity index is 762. The second-order valence-electron chi connectivity index (χ2n) is 7.00. The van der Waals surface area contributed by atoms with Crippen molar-refractivity contribution in [2.75, 3.05) is 57.5 Å². The van der Waals surface area contributed by atoms with Gasteiger partial charge in [-0.05, 0) is 38.1 Å². The average molecular weight is 454 g/mol. The number of nitrogens with one attached hydrogen (secondary N) is 1. The third kappa shape index (κ3) is 4.84. The van der Waals surface area contributed by atoms with Crippen molar-refractivity contribution in [2.45, 2.75) is 17.6 Å². The van der Waals surface area contributed by atoms with Crippen LogP contribution in [0.4, 0.5) is 5.69 Å². The molecule has 0 aliphatic carbocycles. The minimum absolute atomic E-state index is 0. The van der Waals surface area contributed by atoms with Gasteiger partial charge in [-0.15, -0.1) is 24.8 Å². The predicted octanol–water partition coefficient (Wildman–Crippen LogP) is 1.35. The zero-order valence-corrected chi connectivity index (χ0v) is 18.7. The summed E-state index contributed by atoms with van der Waals surface area (Å²) in [5.41, 5.74) is 1.05. The van der Waals surface area contributed by atoms with Crippen molar-refractivity contribution in [3.63, 3.8) is 0 Å². The lowest BCUT2D eigenvalue weighted by molar-refractivity contribution is -0.135. The Hall–Kier alpha value is -1.22. The van der Waals surface area contributed by atoms with Gasteiger partial charge >= 0.3 is 0 Å². The summed E-state index contributed by atoms with van der Waals surface area (Å²) < 4.78 is 28.9. The summed E-state index contributed by atoms with van der Waals surface area (Å²) >= 11 is 0. The van der Waals surface area contributed by atoms with Crippen LogP contribution in [0.2, 0.25) is 0 Å². The Labute approximate surface area is 179 Å². The Kier molecular flexibility index (Phi) is 8.87. The molecule has 0 aromatic heterocycles. The monoisotopic (exact) mass is 453 g/mol. The van der Waals surface area contributed by atoms with Crippen LogP contribution in [0, 0.1) is 0 Å². The molecule has 10 heteroatoms. The predicted molar refractivity (Wildman–Crippen MR) is 116 cm³/mol. The zero-order valence-electron chi connectivity index (χ0n) is 16.2. The number of halogens is 2. The van der Waals surface area contributed by atoms with E-state index in [2.05, 4.69) is 10.2 Å². The minimum atomic E-state index is -3.47. The summed E-state index contributed by atoms with van der Waals surface area (Å²) in [6.45, 7) is 3.53. The number of carbonyl (C=O) groups excluding carboxylic acids is 1. The number of piperidine rings is 1. The molecule has 0 spiro atoms. The van der Waals surface area contributed by atoms with Crippen LogP contribution in [0.3, 0.4) is 0 Å². The highest BCUT2D eigenvalue weighted by molar-refractivity contribution is 7.92. The van der Waals surface area contributed by atoms with E-state index in [-0.39, 0.29) is 30.7 Å². The molecule has 160 valence electrons. The highest BCUT2D eigenvalue weighted by Gasteiger charge is 2.50. The molecular weight excluding hydrogens is 425 g/mol. The fraction of sp³-hybridized carbons (Fsp3) is 0.611. The van der Waals surface area contributed by atoms with Gasteiger partial charge in [0, 0.05) is 44.2 Å².